The van der Waals surface area contributed by atoms with Crippen LogP contribution in [0.5, 0.6) is 0 Å². The minimum atomic E-state index is 0.162. The quantitative estimate of drug-likeness (QED) is 0.738. The lowest BCUT2D eigenvalue weighted by Crippen LogP contribution is -2.14. The number of thiophene rings is 1. The van der Waals surface area contributed by atoms with Crippen molar-refractivity contribution in [2.24, 2.45) is 0 Å². The number of hydrogen-bond acceptors (Lipinski definition) is 2. The molecular formula is C19H27NS. The molecular weight excluding hydrogens is 274 g/mol. The number of para-hydroxylation sites is 1. The van der Waals surface area contributed by atoms with Crippen LogP contribution in [0.15, 0.2) is 36.4 Å². The first kappa shape index (κ1) is 16.1. The molecule has 1 heterocycles. The lowest BCUT2D eigenvalue weighted by Gasteiger charge is -2.23. The van der Waals surface area contributed by atoms with Crippen molar-refractivity contribution in [1.82, 2.24) is 0 Å². The van der Waals surface area contributed by atoms with E-state index in [4.69, 9.17) is 0 Å². The van der Waals surface area contributed by atoms with Gasteiger partial charge in [0.25, 0.3) is 0 Å². The van der Waals surface area contributed by atoms with Crippen LogP contribution in [0.3, 0.4) is 0 Å². The van der Waals surface area contributed by atoms with Crippen LogP contribution in [-0.2, 0) is 17.4 Å². The van der Waals surface area contributed by atoms with Crippen molar-refractivity contribution in [2.45, 2.75) is 58.9 Å². The molecule has 0 radical (unpaired) electrons. The maximum Gasteiger partial charge on any atom is 0.0494 e. The molecule has 1 aromatic heterocycles. The predicted molar refractivity (Wildman–Crippen MR) is 95.5 cm³/mol. The van der Waals surface area contributed by atoms with E-state index < -0.39 is 0 Å². The lowest BCUT2D eigenvalue weighted by atomic mass is 9.86. The second-order valence-electron chi connectivity index (χ2n) is 7.67. The Balaban J connectivity index is 2.12. The molecule has 21 heavy (non-hydrogen) atoms. The molecule has 2 rings (SSSR count). The van der Waals surface area contributed by atoms with E-state index in [-0.39, 0.29) is 10.8 Å². The van der Waals surface area contributed by atoms with Crippen LogP contribution in [-0.4, -0.2) is 0 Å². The molecule has 114 valence electrons. The summed E-state index contributed by atoms with van der Waals surface area (Å²) < 4.78 is 0. The second kappa shape index (κ2) is 5.84. The molecule has 0 aliphatic heterocycles. The highest BCUT2D eigenvalue weighted by molar-refractivity contribution is 7.12. The smallest absolute Gasteiger partial charge is 0.0494 e. The monoisotopic (exact) mass is 301 g/mol. The topological polar surface area (TPSA) is 12.0 Å². The molecule has 0 amide bonds. The molecule has 1 N–H and O–H groups in total. The lowest BCUT2D eigenvalue weighted by molar-refractivity contribution is 0.591. The highest BCUT2D eigenvalue weighted by atomic mass is 32.1. The van der Waals surface area contributed by atoms with Crippen LogP contribution in [0.25, 0.3) is 0 Å². The Bertz CT molecular complexity index is 597. The first-order chi connectivity index (χ1) is 9.68. The van der Waals surface area contributed by atoms with Gasteiger partial charge in [-0.25, -0.2) is 0 Å². The fraction of sp³-hybridized carbons (Fsp3) is 0.474. The summed E-state index contributed by atoms with van der Waals surface area (Å²) in [6.07, 6.45) is 0. The normalized spacial score (nSPS) is 12.5. The van der Waals surface area contributed by atoms with Crippen LogP contribution < -0.4 is 5.32 Å². The van der Waals surface area contributed by atoms with Crippen molar-refractivity contribution in [3.63, 3.8) is 0 Å². The number of benzene rings is 1. The highest BCUT2D eigenvalue weighted by Crippen LogP contribution is 2.32. The zero-order valence-corrected chi connectivity index (χ0v) is 14.9. The van der Waals surface area contributed by atoms with Crippen molar-refractivity contribution in [3.8, 4) is 0 Å². The van der Waals surface area contributed by atoms with Gasteiger partial charge in [0.05, 0.1) is 0 Å². The Kier molecular flexibility index (Phi) is 4.48. The Morgan fingerprint density at radius 3 is 2.10 bits per heavy atom. The third-order valence-electron chi connectivity index (χ3n) is 3.59. The van der Waals surface area contributed by atoms with Crippen LogP contribution >= 0.6 is 11.3 Å². The minimum Gasteiger partial charge on any atom is -0.380 e. The summed E-state index contributed by atoms with van der Waals surface area (Å²) in [5.74, 6) is 0. The van der Waals surface area contributed by atoms with Crippen molar-refractivity contribution >= 4 is 17.0 Å². The first-order valence-electron chi connectivity index (χ1n) is 7.60. The third-order valence-corrected chi connectivity index (χ3v) is 5.10. The van der Waals surface area contributed by atoms with E-state index >= 15 is 0 Å². The Morgan fingerprint density at radius 2 is 1.52 bits per heavy atom. The molecule has 1 aromatic carbocycles. The Morgan fingerprint density at radius 1 is 0.857 bits per heavy atom. The van der Waals surface area contributed by atoms with E-state index in [1.807, 2.05) is 11.3 Å². The zero-order chi connectivity index (χ0) is 15.7. The van der Waals surface area contributed by atoms with Gasteiger partial charge >= 0.3 is 0 Å². The van der Waals surface area contributed by atoms with Gasteiger partial charge in [-0.1, -0.05) is 59.7 Å². The van der Waals surface area contributed by atoms with Crippen molar-refractivity contribution in [2.75, 3.05) is 5.32 Å². The standard InChI is InChI=1S/C19H27NS/c1-18(2,3)15-9-7-8-10-16(15)20-13-14-11-12-17(21-14)19(4,5)6/h7-12,20H,13H2,1-6H3. The molecule has 0 saturated carbocycles. The summed E-state index contributed by atoms with van der Waals surface area (Å²) in [5.41, 5.74) is 3.02. The average Bonchev–Trinajstić information content (AvgIpc) is 2.84. The van der Waals surface area contributed by atoms with Crippen LogP contribution in [0.4, 0.5) is 5.69 Å². The molecule has 0 aliphatic rings. The minimum absolute atomic E-state index is 0.162. The summed E-state index contributed by atoms with van der Waals surface area (Å²) in [6, 6.07) is 13.1. The fourth-order valence-electron chi connectivity index (χ4n) is 2.35. The van der Waals surface area contributed by atoms with E-state index in [1.165, 1.54) is 21.0 Å². The molecule has 2 heteroatoms. The predicted octanol–water partition coefficient (Wildman–Crippen LogP) is 5.96. The number of anilines is 1. The third kappa shape index (κ3) is 4.10. The van der Waals surface area contributed by atoms with Gasteiger partial charge in [0.15, 0.2) is 0 Å². The Labute approximate surface area is 133 Å². The van der Waals surface area contributed by atoms with Gasteiger partial charge < -0.3 is 5.32 Å². The van der Waals surface area contributed by atoms with Crippen molar-refractivity contribution in [3.05, 3.63) is 51.7 Å². The van der Waals surface area contributed by atoms with E-state index in [0.29, 0.717) is 0 Å². The first-order valence-corrected chi connectivity index (χ1v) is 8.42. The molecule has 0 atom stereocenters. The van der Waals surface area contributed by atoms with Gasteiger partial charge in [-0.3, -0.25) is 0 Å². The summed E-state index contributed by atoms with van der Waals surface area (Å²) in [6.45, 7) is 14.5. The molecule has 0 fully saturated rings. The SMILES string of the molecule is CC(C)(C)c1ccc(CNc2ccccc2C(C)(C)C)s1. The molecule has 1 nitrogen and oxygen atoms in total. The summed E-state index contributed by atoms with van der Waals surface area (Å²) in [5, 5.41) is 3.61. The second-order valence-corrected chi connectivity index (χ2v) is 8.83. The van der Waals surface area contributed by atoms with Gasteiger partial charge in [-0.15, -0.1) is 11.3 Å². The summed E-state index contributed by atoms with van der Waals surface area (Å²) >= 11 is 1.91. The number of nitrogens with one attached hydrogen (secondary N) is 1. The number of rotatable bonds is 3. The van der Waals surface area contributed by atoms with Crippen LogP contribution in [0.2, 0.25) is 0 Å². The van der Waals surface area contributed by atoms with Gasteiger partial charge in [-0.2, -0.15) is 0 Å². The van der Waals surface area contributed by atoms with Gasteiger partial charge in [0.2, 0.25) is 0 Å². The molecule has 0 bridgehead atoms. The zero-order valence-electron chi connectivity index (χ0n) is 14.1. The van der Waals surface area contributed by atoms with Crippen molar-refractivity contribution in [1.29, 1.82) is 0 Å². The van der Waals surface area contributed by atoms with Gasteiger partial charge in [0, 0.05) is 22.0 Å². The van der Waals surface area contributed by atoms with E-state index in [9.17, 15) is 0 Å². The molecule has 0 unspecified atom stereocenters. The molecule has 0 spiro atoms. The van der Waals surface area contributed by atoms with Crippen LogP contribution in [0, 0.1) is 0 Å². The number of hydrogen-bond donors (Lipinski definition) is 1. The van der Waals surface area contributed by atoms with E-state index in [2.05, 4.69) is 83.3 Å². The molecule has 2 aromatic rings. The highest BCUT2D eigenvalue weighted by Gasteiger charge is 2.18. The molecule has 0 saturated heterocycles. The summed E-state index contributed by atoms with van der Waals surface area (Å²) in [4.78, 5) is 2.84. The van der Waals surface area contributed by atoms with Crippen molar-refractivity contribution < 1.29 is 0 Å². The maximum atomic E-state index is 3.61. The molecule has 0 aliphatic carbocycles. The largest absolute Gasteiger partial charge is 0.380 e. The Hall–Kier alpha value is -1.28. The van der Waals surface area contributed by atoms with E-state index in [0.717, 1.165) is 6.54 Å². The van der Waals surface area contributed by atoms with E-state index in [1.54, 1.807) is 0 Å². The maximum absolute atomic E-state index is 3.61. The summed E-state index contributed by atoms with van der Waals surface area (Å²) in [7, 11) is 0. The average molecular weight is 301 g/mol. The van der Waals surface area contributed by atoms with Gasteiger partial charge in [0.1, 0.15) is 0 Å². The van der Waals surface area contributed by atoms with Gasteiger partial charge in [-0.05, 0) is 34.6 Å². The van der Waals surface area contributed by atoms with Crippen LogP contribution in [0.1, 0.15) is 56.9 Å². The fourth-order valence-corrected chi connectivity index (χ4v) is 3.35.